The van der Waals surface area contributed by atoms with Gasteiger partial charge in [0.05, 0.1) is 0 Å². The molecular weight excluding hydrogens is 209 g/mol. The lowest BCUT2D eigenvalue weighted by Crippen LogP contribution is -1.79. The van der Waals surface area contributed by atoms with Crippen LogP contribution in [0.25, 0.3) is 22.2 Å². The van der Waals surface area contributed by atoms with Crippen LogP contribution in [0.3, 0.4) is 0 Å². The van der Waals surface area contributed by atoms with Crippen LogP contribution in [0.1, 0.15) is 0 Å². The molecule has 0 fully saturated rings. The van der Waals surface area contributed by atoms with Gasteiger partial charge in [-0.3, -0.25) is 0 Å². The van der Waals surface area contributed by atoms with Gasteiger partial charge in [-0.2, -0.15) is 0 Å². The SMILES string of the molecule is Nc1cc(-c2c[nH]c3ccc(F)cc23)on1. The highest BCUT2D eigenvalue weighted by molar-refractivity contribution is 5.94. The summed E-state index contributed by atoms with van der Waals surface area (Å²) in [6.45, 7) is 0. The predicted molar refractivity (Wildman–Crippen MR) is 58.2 cm³/mol. The van der Waals surface area contributed by atoms with Crippen molar-refractivity contribution in [1.29, 1.82) is 0 Å². The van der Waals surface area contributed by atoms with E-state index in [0.717, 1.165) is 16.5 Å². The summed E-state index contributed by atoms with van der Waals surface area (Å²) in [5, 5.41) is 4.34. The van der Waals surface area contributed by atoms with Crippen molar-refractivity contribution in [2.75, 3.05) is 5.73 Å². The average molecular weight is 217 g/mol. The fraction of sp³-hybridized carbons (Fsp3) is 0. The number of hydrogen-bond acceptors (Lipinski definition) is 3. The fourth-order valence-corrected chi connectivity index (χ4v) is 1.71. The van der Waals surface area contributed by atoms with Gasteiger partial charge in [0, 0.05) is 28.7 Å². The molecule has 2 aromatic heterocycles. The number of aromatic nitrogens is 2. The van der Waals surface area contributed by atoms with E-state index >= 15 is 0 Å². The minimum Gasteiger partial charge on any atom is -0.381 e. The summed E-state index contributed by atoms with van der Waals surface area (Å²) >= 11 is 0. The molecule has 0 radical (unpaired) electrons. The van der Waals surface area contributed by atoms with Crippen molar-refractivity contribution in [1.82, 2.24) is 10.1 Å². The Morgan fingerprint density at radius 1 is 1.31 bits per heavy atom. The largest absolute Gasteiger partial charge is 0.381 e. The summed E-state index contributed by atoms with van der Waals surface area (Å²) in [5.74, 6) is 0.538. The number of hydrogen-bond donors (Lipinski definition) is 2. The Morgan fingerprint density at radius 3 is 2.94 bits per heavy atom. The maximum absolute atomic E-state index is 13.1. The van der Waals surface area contributed by atoms with Gasteiger partial charge in [-0.25, -0.2) is 4.39 Å². The van der Waals surface area contributed by atoms with Gasteiger partial charge in [0.2, 0.25) is 0 Å². The first-order valence-corrected chi connectivity index (χ1v) is 4.73. The zero-order valence-electron chi connectivity index (χ0n) is 8.20. The first-order chi connectivity index (χ1) is 7.74. The molecule has 0 saturated heterocycles. The molecule has 0 saturated carbocycles. The van der Waals surface area contributed by atoms with E-state index in [1.54, 1.807) is 18.3 Å². The standard InChI is InChI=1S/C11H8FN3O/c12-6-1-2-9-7(3-6)8(5-14-9)10-4-11(13)15-16-10/h1-5,14H,(H2,13,15). The number of halogens is 1. The monoisotopic (exact) mass is 217 g/mol. The molecule has 80 valence electrons. The third kappa shape index (κ3) is 1.25. The van der Waals surface area contributed by atoms with Crippen LogP contribution in [0.2, 0.25) is 0 Å². The smallest absolute Gasteiger partial charge is 0.171 e. The van der Waals surface area contributed by atoms with Gasteiger partial charge in [0.15, 0.2) is 11.6 Å². The molecule has 0 atom stereocenters. The van der Waals surface area contributed by atoms with E-state index in [2.05, 4.69) is 10.1 Å². The second-order valence-corrected chi connectivity index (χ2v) is 3.51. The van der Waals surface area contributed by atoms with Crippen LogP contribution < -0.4 is 5.73 Å². The molecule has 2 heterocycles. The highest BCUT2D eigenvalue weighted by atomic mass is 19.1. The number of aromatic amines is 1. The van der Waals surface area contributed by atoms with Crippen molar-refractivity contribution in [3.8, 4) is 11.3 Å². The molecule has 1 aromatic carbocycles. The Kier molecular flexibility index (Phi) is 1.73. The van der Waals surface area contributed by atoms with E-state index in [9.17, 15) is 4.39 Å². The van der Waals surface area contributed by atoms with Crippen molar-refractivity contribution in [2.24, 2.45) is 0 Å². The second kappa shape index (κ2) is 3.10. The molecule has 0 aliphatic rings. The van der Waals surface area contributed by atoms with Crippen molar-refractivity contribution in [3.63, 3.8) is 0 Å². The first-order valence-electron chi connectivity index (χ1n) is 4.73. The number of rotatable bonds is 1. The molecular formula is C11H8FN3O. The Morgan fingerprint density at radius 2 is 2.19 bits per heavy atom. The van der Waals surface area contributed by atoms with E-state index in [4.69, 9.17) is 10.3 Å². The summed E-state index contributed by atoms with van der Waals surface area (Å²) < 4.78 is 18.2. The Hall–Kier alpha value is -2.30. The van der Waals surface area contributed by atoms with E-state index in [1.165, 1.54) is 12.1 Å². The lowest BCUT2D eigenvalue weighted by atomic mass is 10.1. The summed E-state index contributed by atoms with van der Waals surface area (Å²) in [6, 6.07) is 6.12. The molecule has 4 nitrogen and oxygen atoms in total. The van der Waals surface area contributed by atoms with Crippen molar-refractivity contribution >= 4 is 16.7 Å². The Labute approximate surface area is 89.9 Å². The predicted octanol–water partition coefficient (Wildman–Crippen LogP) is 2.54. The average Bonchev–Trinajstić information content (AvgIpc) is 2.83. The molecule has 16 heavy (non-hydrogen) atoms. The van der Waals surface area contributed by atoms with Crippen molar-refractivity contribution in [3.05, 3.63) is 36.3 Å². The number of fused-ring (bicyclic) bond motifs is 1. The Balaban J connectivity index is 2.27. The molecule has 0 amide bonds. The van der Waals surface area contributed by atoms with Gasteiger partial charge in [0.25, 0.3) is 0 Å². The summed E-state index contributed by atoms with van der Waals surface area (Å²) in [5.41, 5.74) is 7.06. The van der Waals surface area contributed by atoms with Crippen LogP contribution in [0, 0.1) is 5.82 Å². The summed E-state index contributed by atoms with van der Waals surface area (Å²) in [6.07, 6.45) is 1.74. The third-order valence-electron chi connectivity index (χ3n) is 2.44. The van der Waals surface area contributed by atoms with Crippen LogP contribution in [-0.4, -0.2) is 10.1 Å². The van der Waals surface area contributed by atoms with E-state index in [0.29, 0.717) is 11.6 Å². The molecule has 0 aliphatic carbocycles. The number of nitrogens with zero attached hydrogens (tertiary/aromatic N) is 1. The normalized spacial score (nSPS) is 11.1. The minimum atomic E-state index is -0.291. The first kappa shape index (κ1) is 8.96. The van der Waals surface area contributed by atoms with Crippen LogP contribution >= 0.6 is 0 Å². The number of anilines is 1. The van der Waals surface area contributed by atoms with Crippen LogP contribution in [0.5, 0.6) is 0 Å². The summed E-state index contributed by atoms with van der Waals surface area (Å²) in [4.78, 5) is 3.03. The minimum absolute atomic E-state index is 0.291. The quantitative estimate of drug-likeness (QED) is 0.658. The van der Waals surface area contributed by atoms with Gasteiger partial charge in [-0.1, -0.05) is 5.16 Å². The van der Waals surface area contributed by atoms with Crippen molar-refractivity contribution < 1.29 is 8.91 Å². The molecule has 3 aromatic rings. The number of nitrogens with one attached hydrogen (secondary N) is 1. The van der Waals surface area contributed by atoms with E-state index in [-0.39, 0.29) is 5.82 Å². The van der Waals surface area contributed by atoms with Gasteiger partial charge in [0.1, 0.15) is 5.82 Å². The zero-order valence-corrected chi connectivity index (χ0v) is 8.20. The van der Waals surface area contributed by atoms with E-state index in [1.807, 2.05) is 0 Å². The zero-order chi connectivity index (χ0) is 11.1. The van der Waals surface area contributed by atoms with Gasteiger partial charge in [-0.15, -0.1) is 0 Å². The molecule has 0 spiro atoms. The molecule has 0 bridgehead atoms. The Bertz CT molecular complexity index is 656. The van der Waals surface area contributed by atoms with E-state index < -0.39 is 0 Å². The van der Waals surface area contributed by atoms with Crippen LogP contribution in [-0.2, 0) is 0 Å². The van der Waals surface area contributed by atoms with Crippen LogP contribution in [0.15, 0.2) is 35.0 Å². The van der Waals surface area contributed by atoms with Gasteiger partial charge >= 0.3 is 0 Å². The lowest BCUT2D eigenvalue weighted by molar-refractivity contribution is 0.436. The highest BCUT2D eigenvalue weighted by Crippen LogP contribution is 2.29. The maximum atomic E-state index is 13.1. The number of nitrogens with two attached hydrogens (primary N) is 1. The lowest BCUT2D eigenvalue weighted by Gasteiger charge is -1.93. The third-order valence-corrected chi connectivity index (χ3v) is 2.44. The number of benzene rings is 1. The topological polar surface area (TPSA) is 67.8 Å². The molecule has 5 heteroatoms. The second-order valence-electron chi connectivity index (χ2n) is 3.51. The number of H-pyrrole nitrogens is 1. The van der Waals surface area contributed by atoms with Crippen LogP contribution in [0.4, 0.5) is 10.2 Å². The number of nitrogen functional groups attached to an aromatic ring is 1. The maximum Gasteiger partial charge on any atom is 0.171 e. The molecule has 0 unspecified atom stereocenters. The fourth-order valence-electron chi connectivity index (χ4n) is 1.71. The molecule has 0 aliphatic heterocycles. The van der Waals surface area contributed by atoms with Gasteiger partial charge < -0.3 is 15.2 Å². The highest BCUT2D eigenvalue weighted by Gasteiger charge is 2.11. The van der Waals surface area contributed by atoms with Gasteiger partial charge in [-0.05, 0) is 18.2 Å². The van der Waals surface area contributed by atoms with Crippen molar-refractivity contribution in [2.45, 2.75) is 0 Å². The molecule has 3 rings (SSSR count). The summed E-state index contributed by atoms with van der Waals surface area (Å²) in [7, 11) is 0. The molecule has 3 N–H and O–H groups in total.